The van der Waals surface area contributed by atoms with E-state index in [0.29, 0.717) is 49.2 Å². The summed E-state index contributed by atoms with van der Waals surface area (Å²) < 4.78 is 23.5. The van der Waals surface area contributed by atoms with Gasteiger partial charge in [-0.15, -0.1) is 0 Å². The van der Waals surface area contributed by atoms with E-state index < -0.39 is 60.1 Å². The molecule has 3 rings (SSSR count). The Morgan fingerprint density at radius 1 is 0.750 bits per heavy atom. The second-order valence-electron chi connectivity index (χ2n) is 21.4. The van der Waals surface area contributed by atoms with Gasteiger partial charge in [0.2, 0.25) is 41.4 Å². The standard InChI is InChI=1S/C58H90Br2N8O12/c1-13-38(6)53(67(10)58(76)51(36(2)3)65-57(75)52(37(4)5)66(8)9)47(77-11)33-50(72)68-24-17-21-45(68)54(78-12)39(7)55(73)64-44(29-40-19-15-14-16-20-40)56(74)61-23-26-80-28-27-79-25-18-22-46(69)41-30-42(62-48(70)34-59)32-43(31-41)63-49(71)35-60/h14-16,19-20,30-32,36-39,44-45,47,51-54H,13,17-18,21-29,33-35H2,1-12H3,(H,61,74)(H,62,70)(H,63,71)(H,64,73)(H,65,75)/t38-,39+,44+,45-,47+,51+,52-,53-,54+/m0/s1. The third-order valence-corrected chi connectivity index (χ3v) is 15.6. The van der Waals surface area contributed by atoms with Gasteiger partial charge in [0.15, 0.2) is 5.78 Å². The molecule has 2 aromatic carbocycles. The van der Waals surface area contributed by atoms with Crippen molar-refractivity contribution in [2.45, 2.75) is 136 Å². The van der Waals surface area contributed by atoms with Crippen molar-refractivity contribution in [1.29, 1.82) is 0 Å². The van der Waals surface area contributed by atoms with E-state index in [1.54, 1.807) is 49.1 Å². The summed E-state index contributed by atoms with van der Waals surface area (Å²) in [5, 5.41) is 14.4. The highest BCUT2D eigenvalue weighted by atomic mass is 79.9. The van der Waals surface area contributed by atoms with E-state index in [1.807, 2.05) is 90.9 Å². The molecule has 5 N–H and O–H groups in total. The number of Topliss-reactive ketones (excluding diaryl/α,β-unsaturated/α-hetero) is 1. The number of halogens is 2. The maximum atomic E-state index is 14.5. The lowest BCUT2D eigenvalue weighted by atomic mass is 9.89. The lowest BCUT2D eigenvalue weighted by Crippen LogP contribution is -2.59. The fourth-order valence-corrected chi connectivity index (χ4v) is 10.5. The smallest absolute Gasteiger partial charge is 0.245 e. The molecule has 2 aromatic rings. The van der Waals surface area contributed by atoms with Gasteiger partial charge in [0.1, 0.15) is 12.1 Å². The number of carbonyl (C=O) groups excluding carboxylic acids is 8. The van der Waals surface area contributed by atoms with E-state index in [-0.39, 0.29) is 116 Å². The highest BCUT2D eigenvalue weighted by Gasteiger charge is 2.43. The van der Waals surface area contributed by atoms with Crippen molar-refractivity contribution in [3.63, 3.8) is 0 Å². The van der Waals surface area contributed by atoms with E-state index in [0.717, 1.165) is 5.56 Å². The number of carbonyl (C=O) groups is 8. The Morgan fingerprint density at radius 2 is 1.36 bits per heavy atom. The number of ether oxygens (including phenoxy) is 4. The molecule has 20 nitrogen and oxygen atoms in total. The number of ketones is 1. The SMILES string of the molecule is CC[C@H](C)[C@@H]([C@@H](CC(=O)N1CCC[C@H]1[C@H](OC)[C@@H](C)C(=O)N[C@H](Cc1ccccc1)C(=O)NCCOCCOCCCC(=O)c1cc(NC(=O)CBr)cc(NC(=O)CBr)c1)OC)N(C)C(=O)[C@H](NC(=O)[C@H](C(C)C)N(C)C)C(C)C. The number of benzene rings is 2. The normalized spacial score (nSPS) is 16.5. The van der Waals surface area contributed by atoms with Crippen LogP contribution in [0.15, 0.2) is 48.5 Å². The zero-order valence-electron chi connectivity index (χ0n) is 49.1. The third kappa shape index (κ3) is 21.8. The van der Waals surface area contributed by atoms with E-state index in [2.05, 4.69) is 58.4 Å². The molecule has 0 bridgehead atoms. The molecule has 0 aliphatic carbocycles. The molecule has 0 saturated carbocycles. The Labute approximate surface area is 491 Å². The fourth-order valence-electron chi connectivity index (χ4n) is 10.3. The van der Waals surface area contributed by atoms with Crippen molar-refractivity contribution >= 4 is 90.4 Å². The molecule has 1 heterocycles. The van der Waals surface area contributed by atoms with Crippen molar-refractivity contribution in [2.75, 3.05) is 96.2 Å². The lowest BCUT2D eigenvalue weighted by Gasteiger charge is -2.41. The second-order valence-corrected chi connectivity index (χ2v) is 22.5. The summed E-state index contributed by atoms with van der Waals surface area (Å²) in [7, 11) is 8.46. The van der Waals surface area contributed by atoms with Crippen molar-refractivity contribution in [3.05, 3.63) is 59.7 Å². The first kappa shape index (κ1) is 69.4. The molecule has 0 radical (unpaired) electrons. The lowest BCUT2D eigenvalue weighted by molar-refractivity contribution is -0.148. The summed E-state index contributed by atoms with van der Waals surface area (Å²) in [6.45, 7) is 15.0. The maximum absolute atomic E-state index is 14.5. The molecule has 22 heteroatoms. The second kappa shape index (κ2) is 35.9. The van der Waals surface area contributed by atoms with Gasteiger partial charge in [-0.05, 0) is 74.9 Å². The van der Waals surface area contributed by atoms with Crippen LogP contribution in [-0.4, -0.2) is 190 Å². The van der Waals surface area contributed by atoms with E-state index in [1.165, 1.54) is 7.11 Å². The van der Waals surface area contributed by atoms with Gasteiger partial charge in [-0.1, -0.05) is 117 Å². The number of likely N-dealkylation sites (tertiary alicyclic amines) is 1. The molecule has 7 amide bonds. The molecular formula is C58H90Br2N8O12. The Morgan fingerprint density at radius 3 is 1.90 bits per heavy atom. The Kier molecular flexibility index (Phi) is 31.2. The molecule has 0 unspecified atom stereocenters. The van der Waals surface area contributed by atoms with Crippen molar-refractivity contribution in [3.8, 4) is 0 Å². The number of nitrogens with zero attached hydrogens (tertiary/aromatic N) is 3. The number of hydrogen-bond acceptors (Lipinski definition) is 13. The quantitative estimate of drug-likeness (QED) is 0.0306. The number of methoxy groups -OCH3 is 2. The molecule has 0 spiro atoms. The highest BCUT2D eigenvalue weighted by molar-refractivity contribution is 9.09. The summed E-state index contributed by atoms with van der Waals surface area (Å²) in [4.78, 5) is 113. The molecule has 80 heavy (non-hydrogen) atoms. The van der Waals surface area contributed by atoms with Crippen LogP contribution in [0.5, 0.6) is 0 Å². The summed E-state index contributed by atoms with van der Waals surface area (Å²) >= 11 is 6.21. The average molecular weight is 1250 g/mol. The Bertz CT molecular complexity index is 2270. The van der Waals surface area contributed by atoms with Gasteiger partial charge in [-0.2, -0.15) is 0 Å². The minimum Gasteiger partial charge on any atom is -0.379 e. The van der Waals surface area contributed by atoms with Crippen LogP contribution >= 0.6 is 31.9 Å². The highest BCUT2D eigenvalue weighted by Crippen LogP contribution is 2.30. The van der Waals surface area contributed by atoms with Crippen molar-refractivity contribution < 1.29 is 57.3 Å². The van der Waals surface area contributed by atoms with Crippen molar-refractivity contribution in [1.82, 2.24) is 30.7 Å². The predicted molar refractivity (Wildman–Crippen MR) is 317 cm³/mol. The van der Waals surface area contributed by atoms with Crippen LogP contribution in [0.3, 0.4) is 0 Å². The van der Waals surface area contributed by atoms with Crippen LogP contribution < -0.4 is 26.6 Å². The molecule has 0 aromatic heterocycles. The van der Waals surface area contributed by atoms with E-state index in [9.17, 15) is 38.4 Å². The van der Waals surface area contributed by atoms with Crippen LogP contribution in [-0.2, 0) is 58.9 Å². The predicted octanol–water partition coefficient (Wildman–Crippen LogP) is 5.84. The molecule has 1 fully saturated rings. The van der Waals surface area contributed by atoms with Crippen LogP contribution in [0.4, 0.5) is 11.4 Å². The van der Waals surface area contributed by atoms with Crippen LogP contribution in [0.2, 0.25) is 0 Å². The topological polar surface area (TPSA) is 243 Å². The number of nitrogens with one attached hydrogen (secondary N) is 5. The number of hydrogen-bond donors (Lipinski definition) is 5. The van der Waals surface area contributed by atoms with Gasteiger partial charge in [-0.25, -0.2) is 0 Å². The van der Waals surface area contributed by atoms with Gasteiger partial charge in [0, 0.05) is 70.7 Å². The van der Waals surface area contributed by atoms with Crippen LogP contribution in [0, 0.1) is 23.7 Å². The Balaban J connectivity index is 1.61. The molecule has 1 saturated heterocycles. The summed E-state index contributed by atoms with van der Waals surface area (Å²) in [6.07, 6.45) is 1.32. The number of likely N-dealkylation sites (N-methyl/N-ethyl adjacent to an activating group) is 2. The zero-order valence-corrected chi connectivity index (χ0v) is 52.2. The largest absolute Gasteiger partial charge is 0.379 e. The Hall–Kier alpha value is -4.84. The maximum Gasteiger partial charge on any atom is 0.245 e. The molecule has 1 aliphatic heterocycles. The summed E-state index contributed by atoms with van der Waals surface area (Å²) in [5.41, 5.74) is 1.92. The first-order valence-corrected chi connectivity index (χ1v) is 30.0. The van der Waals surface area contributed by atoms with Gasteiger partial charge in [0.25, 0.3) is 0 Å². The molecular weight excluding hydrogens is 1160 g/mol. The van der Waals surface area contributed by atoms with Crippen LogP contribution in [0.1, 0.15) is 103 Å². The fraction of sp³-hybridized carbons (Fsp3) is 0.655. The first-order valence-electron chi connectivity index (χ1n) is 27.8. The minimum atomic E-state index is -0.944. The van der Waals surface area contributed by atoms with Crippen LogP contribution in [0.25, 0.3) is 0 Å². The first-order chi connectivity index (χ1) is 38.0. The third-order valence-electron chi connectivity index (χ3n) is 14.5. The number of alkyl halides is 2. The summed E-state index contributed by atoms with van der Waals surface area (Å²) in [5.74, 6) is -3.37. The molecule has 448 valence electrons. The summed E-state index contributed by atoms with van der Waals surface area (Å²) in [6, 6.07) is 10.9. The van der Waals surface area contributed by atoms with Gasteiger partial charge < -0.3 is 55.3 Å². The molecule has 9 atom stereocenters. The van der Waals surface area contributed by atoms with E-state index >= 15 is 0 Å². The number of anilines is 2. The molecule has 1 aliphatic rings. The van der Waals surface area contributed by atoms with Crippen molar-refractivity contribution in [2.24, 2.45) is 23.7 Å². The monoisotopic (exact) mass is 1250 g/mol. The minimum absolute atomic E-state index is 0.0121. The van der Waals surface area contributed by atoms with Gasteiger partial charge in [0.05, 0.1) is 73.2 Å². The number of rotatable bonds is 36. The van der Waals surface area contributed by atoms with Gasteiger partial charge in [-0.3, -0.25) is 43.3 Å². The van der Waals surface area contributed by atoms with Gasteiger partial charge >= 0.3 is 0 Å². The number of amides is 7. The average Bonchev–Trinajstić information content (AvgIpc) is 3.91. The zero-order chi connectivity index (χ0) is 59.6. The van der Waals surface area contributed by atoms with E-state index in [4.69, 9.17) is 18.9 Å².